The second kappa shape index (κ2) is 20.1. The van der Waals surface area contributed by atoms with Gasteiger partial charge in [0.1, 0.15) is 12.1 Å². The molecule has 0 spiro atoms. The van der Waals surface area contributed by atoms with Gasteiger partial charge in [-0.1, -0.05) is 57.5 Å². The fourth-order valence-electron chi connectivity index (χ4n) is 4.35. The van der Waals surface area contributed by atoms with Crippen molar-refractivity contribution < 1.29 is 23.9 Å². The highest BCUT2D eigenvalue weighted by molar-refractivity contribution is 5.92. The van der Waals surface area contributed by atoms with Crippen LogP contribution < -0.4 is 38.5 Å². The maximum atomic E-state index is 13.5. The van der Waals surface area contributed by atoms with Crippen LogP contribution in [0.4, 0.5) is 4.79 Å². The first kappa shape index (κ1) is 36.2. The molecule has 1 aromatic rings. The number of carbonyl (C=O) groups is 4. The number of alkyl carbamates (subject to hydrolysis) is 1. The molecule has 236 valence electrons. The number of carbonyl (C=O) groups excluding carboxylic acids is 4. The van der Waals surface area contributed by atoms with Gasteiger partial charge in [0, 0.05) is 19.1 Å². The van der Waals surface area contributed by atoms with Gasteiger partial charge in [0.2, 0.25) is 17.7 Å². The first-order chi connectivity index (χ1) is 20.0. The van der Waals surface area contributed by atoms with Gasteiger partial charge in [-0.2, -0.15) is 0 Å². The minimum absolute atomic E-state index is 0.0457. The van der Waals surface area contributed by atoms with Crippen molar-refractivity contribution in [2.75, 3.05) is 19.7 Å². The van der Waals surface area contributed by atoms with Crippen LogP contribution in [0.2, 0.25) is 0 Å². The summed E-state index contributed by atoms with van der Waals surface area (Å²) in [5, 5.41) is 11.6. The summed E-state index contributed by atoms with van der Waals surface area (Å²) in [6.45, 7) is 8.25. The van der Waals surface area contributed by atoms with E-state index in [1.165, 1.54) is 0 Å². The van der Waals surface area contributed by atoms with Crippen LogP contribution in [0.3, 0.4) is 0 Å². The summed E-state index contributed by atoms with van der Waals surface area (Å²) >= 11 is 0. The molecule has 0 bridgehead atoms. The molecule has 0 saturated heterocycles. The first-order valence-corrected chi connectivity index (χ1v) is 14.6. The minimum Gasteiger partial charge on any atom is -0.450 e. The number of primary amides is 1. The van der Waals surface area contributed by atoms with Crippen LogP contribution in [0.25, 0.3) is 0 Å². The van der Waals surface area contributed by atoms with E-state index in [4.69, 9.17) is 21.9 Å². The van der Waals surface area contributed by atoms with Crippen LogP contribution in [0.5, 0.6) is 0 Å². The van der Waals surface area contributed by atoms with E-state index < -0.39 is 41.9 Å². The Morgan fingerprint density at radius 3 is 2.10 bits per heavy atom. The Balaban J connectivity index is 3.07. The van der Waals surface area contributed by atoms with Crippen molar-refractivity contribution in [1.82, 2.24) is 21.3 Å². The zero-order valence-corrected chi connectivity index (χ0v) is 25.4. The number of nitrogens with two attached hydrogens (primary N) is 3. The lowest BCUT2D eigenvalue weighted by Gasteiger charge is -2.26. The van der Waals surface area contributed by atoms with E-state index >= 15 is 0 Å². The molecule has 13 heteroatoms. The van der Waals surface area contributed by atoms with Gasteiger partial charge in [-0.3, -0.25) is 19.4 Å². The van der Waals surface area contributed by atoms with Gasteiger partial charge in [0.15, 0.2) is 5.96 Å². The molecule has 0 unspecified atom stereocenters. The Morgan fingerprint density at radius 2 is 1.52 bits per heavy atom. The van der Waals surface area contributed by atoms with Crippen LogP contribution in [0.15, 0.2) is 35.3 Å². The number of amides is 4. The fourth-order valence-corrected chi connectivity index (χ4v) is 4.35. The lowest BCUT2D eigenvalue weighted by atomic mass is 10.0. The van der Waals surface area contributed by atoms with E-state index in [2.05, 4.69) is 26.3 Å². The van der Waals surface area contributed by atoms with E-state index in [0.717, 1.165) is 5.56 Å². The third-order valence-electron chi connectivity index (χ3n) is 6.37. The van der Waals surface area contributed by atoms with E-state index in [-0.39, 0.29) is 31.1 Å². The second-order valence-electron chi connectivity index (χ2n) is 10.6. The molecule has 0 aliphatic rings. The molecule has 0 fully saturated rings. The summed E-state index contributed by atoms with van der Waals surface area (Å²) in [7, 11) is 0. The molecular formula is C29H50N8O5. The summed E-state index contributed by atoms with van der Waals surface area (Å²) in [4.78, 5) is 54.8. The van der Waals surface area contributed by atoms with Crippen molar-refractivity contribution >= 4 is 29.8 Å². The fraction of sp³-hybridized carbons (Fsp3) is 0.621. The number of nitrogens with one attached hydrogen (secondary N) is 4. The molecule has 4 atom stereocenters. The Bertz CT molecular complexity index is 1000. The molecular weight excluding hydrogens is 540 g/mol. The summed E-state index contributed by atoms with van der Waals surface area (Å²) in [5.41, 5.74) is 17.4. The molecule has 0 aliphatic heterocycles. The summed E-state index contributed by atoms with van der Waals surface area (Å²) in [6.07, 6.45) is 2.16. The van der Waals surface area contributed by atoms with Gasteiger partial charge < -0.3 is 43.2 Å². The molecule has 0 aromatic heterocycles. The van der Waals surface area contributed by atoms with Crippen LogP contribution in [-0.4, -0.2) is 73.6 Å². The predicted octanol–water partition coefficient (Wildman–Crippen LogP) is 0.657. The number of aliphatic imine (C=N–C) groups is 1. The summed E-state index contributed by atoms with van der Waals surface area (Å²) in [6, 6.07) is 6.81. The van der Waals surface area contributed by atoms with Crippen LogP contribution in [0.1, 0.15) is 65.4 Å². The number of hydrogen-bond acceptors (Lipinski definition) is 7. The molecule has 0 heterocycles. The van der Waals surface area contributed by atoms with Crippen molar-refractivity contribution in [2.45, 2.75) is 90.4 Å². The average Bonchev–Trinajstić information content (AvgIpc) is 2.92. The Morgan fingerprint density at radius 1 is 0.881 bits per heavy atom. The number of guanidine groups is 1. The van der Waals surface area contributed by atoms with E-state index in [1.54, 1.807) is 6.92 Å². The highest BCUT2D eigenvalue weighted by atomic mass is 16.5. The van der Waals surface area contributed by atoms with Crippen LogP contribution in [0, 0.1) is 5.92 Å². The molecule has 10 N–H and O–H groups in total. The number of rotatable bonds is 20. The molecule has 0 radical (unpaired) electrons. The predicted molar refractivity (Wildman–Crippen MR) is 163 cm³/mol. The molecule has 4 amide bonds. The quantitative estimate of drug-likeness (QED) is 0.0648. The van der Waals surface area contributed by atoms with Crippen molar-refractivity contribution in [3.05, 3.63) is 35.9 Å². The average molecular weight is 591 g/mol. The molecule has 1 aromatic carbocycles. The van der Waals surface area contributed by atoms with E-state index in [1.807, 2.05) is 51.1 Å². The highest BCUT2D eigenvalue weighted by Crippen LogP contribution is 2.08. The largest absolute Gasteiger partial charge is 0.450 e. The molecule has 0 saturated carbocycles. The maximum Gasteiger partial charge on any atom is 0.407 e. The summed E-state index contributed by atoms with van der Waals surface area (Å²) < 4.78 is 5.07. The SMILES string of the molecule is CCC[C@H](NC(=O)[C@H](CCCN=C(N)N)NC[C@H](Cc1ccccc1)NC(=O)OCC)C(=O)N[C@@H](CC(C)C)C(N)=O. The Hall–Kier alpha value is -3.87. The molecule has 42 heavy (non-hydrogen) atoms. The highest BCUT2D eigenvalue weighted by Gasteiger charge is 2.28. The Kier molecular flexibility index (Phi) is 17.3. The van der Waals surface area contributed by atoms with Crippen molar-refractivity contribution in [1.29, 1.82) is 0 Å². The third-order valence-corrected chi connectivity index (χ3v) is 6.37. The van der Waals surface area contributed by atoms with Gasteiger partial charge in [0.05, 0.1) is 12.6 Å². The molecule has 0 aliphatic carbocycles. The van der Waals surface area contributed by atoms with Gasteiger partial charge >= 0.3 is 6.09 Å². The Labute approximate surface area is 249 Å². The van der Waals surface area contributed by atoms with Gasteiger partial charge in [0.25, 0.3) is 0 Å². The number of benzene rings is 1. The first-order valence-electron chi connectivity index (χ1n) is 14.6. The zero-order valence-electron chi connectivity index (χ0n) is 25.4. The number of nitrogens with zero attached hydrogens (tertiary/aromatic N) is 1. The standard InChI is InChI=1S/C29H50N8O5/c1-5-11-23(27(40)37-24(25(30)38)16-19(3)4)36-26(39)22(14-10-15-33-28(31)32)34-18-21(35-29(41)42-6-2)17-20-12-8-7-9-13-20/h7-9,12-13,19,21-24,34H,5-6,10-11,14-18H2,1-4H3,(H2,30,38)(H,35,41)(H,36,39)(H,37,40)(H4,31,32,33)/t21-,22-,23-,24-/m0/s1. The van der Waals surface area contributed by atoms with Crippen molar-refractivity contribution in [3.8, 4) is 0 Å². The van der Waals surface area contributed by atoms with Crippen molar-refractivity contribution in [3.63, 3.8) is 0 Å². The number of ether oxygens (including phenoxy) is 1. The normalized spacial score (nSPS) is 13.7. The number of hydrogen-bond donors (Lipinski definition) is 7. The monoisotopic (exact) mass is 590 g/mol. The summed E-state index contributed by atoms with van der Waals surface area (Å²) in [5.74, 6) is -1.41. The lowest BCUT2D eigenvalue weighted by molar-refractivity contribution is -0.132. The van der Waals surface area contributed by atoms with Crippen LogP contribution in [-0.2, 0) is 25.5 Å². The van der Waals surface area contributed by atoms with E-state index in [0.29, 0.717) is 45.1 Å². The van der Waals surface area contributed by atoms with Gasteiger partial charge in [-0.25, -0.2) is 4.79 Å². The third kappa shape index (κ3) is 15.2. The van der Waals surface area contributed by atoms with Gasteiger partial charge in [-0.15, -0.1) is 0 Å². The van der Waals surface area contributed by atoms with Crippen LogP contribution >= 0.6 is 0 Å². The lowest BCUT2D eigenvalue weighted by Crippen LogP contribution is -2.57. The minimum atomic E-state index is -0.865. The zero-order chi connectivity index (χ0) is 31.5. The van der Waals surface area contributed by atoms with Gasteiger partial charge in [-0.05, 0) is 50.5 Å². The van der Waals surface area contributed by atoms with E-state index in [9.17, 15) is 19.2 Å². The topological polar surface area (TPSA) is 216 Å². The molecule has 13 nitrogen and oxygen atoms in total. The molecule has 1 rings (SSSR count). The maximum absolute atomic E-state index is 13.5. The smallest absolute Gasteiger partial charge is 0.407 e. The second-order valence-corrected chi connectivity index (χ2v) is 10.6. The van der Waals surface area contributed by atoms with Crippen molar-refractivity contribution in [2.24, 2.45) is 28.1 Å².